The predicted molar refractivity (Wildman–Crippen MR) is 156 cm³/mol. The summed E-state index contributed by atoms with van der Waals surface area (Å²) in [5.74, 6) is 1.17. The van der Waals surface area contributed by atoms with Crippen LogP contribution in [0.1, 0.15) is 33.7 Å². The number of rotatable bonds is 9. The Labute approximate surface area is 243 Å². The highest BCUT2D eigenvalue weighted by atomic mass is 19.1. The summed E-state index contributed by atoms with van der Waals surface area (Å²) in [6.45, 7) is 5.63. The third-order valence-electron chi connectivity index (χ3n) is 8.02. The molecule has 0 unspecified atom stereocenters. The van der Waals surface area contributed by atoms with Crippen LogP contribution in [0.5, 0.6) is 0 Å². The number of carboxylic acids is 1. The fourth-order valence-corrected chi connectivity index (χ4v) is 5.48. The molecule has 2 aromatic carbocycles. The topological polar surface area (TPSA) is 111 Å². The van der Waals surface area contributed by atoms with E-state index in [-0.39, 0.29) is 11.7 Å². The number of hydrogen-bond acceptors (Lipinski definition) is 8. The SMILES string of the molecule is CN(Cc1ccc(C#N)cc1F)c1cccc(N2CCN(Cc3nc4ccc(C(=O)O)cc4n3C[C@@H]3CCO3)CC2)n1. The molecule has 2 fully saturated rings. The number of halogens is 1. The standard InChI is InChI=1S/C31H32FN7O3/c1-36(18-23-6-5-21(17-33)15-25(23)32)28-3-2-4-29(35-28)38-12-10-37(11-13-38)20-30-34-26-8-7-22(31(40)41)16-27(26)39(30)19-24-9-14-42-24/h2-8,15-16,24H,9-14,18-20H2,1H3,(H,40,41)/t24-/m0/s1. The van der Waals surface area contributed by atoms with Gasteiger partial charge in [0.05, 0.1) is 47.4 Å². The third kappa shape index (κ3) is 5.77. The lowest BCUT2D eigenvalue weighted by Crippen LogP contribution is -2.46. The van der Waals surface area contributed by atoms with Crippen molar-refractivity contribution in [3.05, 3.63) is 82.9 Å². The Kier molecular flexibility index (Phi) is 7.73. The van der Waals surface area contributed by atoms with Gasteiger partial charge in [-0.15, -0.1) is 0 Å². The Morgan fingerprint density at radius 1 is 1.14 bits per heavy atom. The van der Waals surface area contributed by atoms with Gasteiger partial charge in [0.15, 0.2) is 0 Å². The van der Waals surface area contributed by atoms with E-state index in [9.17, 15) is 14.3 Å². The van der Waals surface area contributed by atoms with Crippen molar-refractivity contribution in [1.82, 2.24) is 19.4 Å². The summed E-state index contributed by atoms with van der Waals surface area (Å²) in [4.78, 5) is 27.8. The van der Waals surface area contributed by atoms with Crippen LogP contribution in [0.2, 0.25) is 0 Å². The number of nitriles is 1. The minimum absolute atomic E-state index is 0.122. The summed E-state index contributed by atoms with van der Waals surface area (Å²) in [6, 6.07) is 17.4. The van der Waals surface area contributed by atoms with Crippen molar-refractivity contribution in [1.29, 1.82) is 5.26 Å². The molecule has 0 amide bonds. The maximum atomic E-state index is 14.4. The summed E-state index contributed by atoms with van der Waals surface area (Å²) in [5, 5.41) is 18.5. The molecule has 2 aliphatic rings. The summed E-state index contributed by atoms with van der Waals surface area (Å²) >= 11 is 0. The first-order chi connectivity index (χ1) is 20.4. The Bertz CT molecular complexity index is 1650. The Morgan fingerprint density at radius 3 is 2.64 bits per heavy atom. The molecule has 6 rings (SSSR count). The van der Waals surface area contributed by atoms with Crippen LogP contribution < -0.4 is 9.80 Å². The van der Waals surface area contributed by atoms with Crippen LogP contribution >= 0.6 is 0 Å². The number of hydrogen-bond donors (Lipinski definition) is 1. The van der Waals surface area contributed by atoms with Crippen molar-refractivity contribution in [3.8, 4) is 6.07 Å². The molecule has 1 N–H and O–H groups in total. The van der Waals surface area contributed by atoms with Crippen molar-refractivity contribution in [3.63, 3.8) is 0 Å². The summed E-state index contributed by atoms with van der Waals surface area (Å²) in [7, 11) is 1.88. The molecule has 4 heterocycles. The van der Waals surface area contributed by atoms with Crippen molar-refractivity contribution in [2.45, 2.75) is 32.2 Å². The van der Waals surface area contributed by atoms with E-state index in [1.807, 2.05) is 36.2 Å². The van der Waals surface area contributed by atoms with Gasteiger partial charge >= 0.3 is 5.97 Å². The maximum Gasteiger partial charge on any atom is 0.335 e. The van der Waals surface area contributed by atoms with Crippen molar-refractivity contribution >= 4 is 28.6 Å². The second-order valence-electron chi connectivity index (χ2n) is 10.8. The molecule has 42 heavy (non-hydrogen) atoms. The molecule has 2 aromatic heterocycles. The minimum atomic E-state index is -0.951. The fraction of sp³-hybridized carbons (Fsp3) is 0.355. The largest absolute Gasteiger partial charge is 0.478 e. The lowest BCUT2D eigenvalue weighted by molar-refractivity contribution is -0.0592. The number of aromatic nitrogens is 3. The maximum absolute atomic E-state index is 14.4. The molecule has 2 aliphatic heterocycles. The van der Waals surface area contributed by atoms with E-state index >= 15 is 0 Å². The summed E-state index contributed by atoms with van der Waals surface area (Å²) < 4.78 is 22.3. The highest BCUT2D eigenvalue weighted by Gasteiger charge is 2.25. The molecule has 216 valence electrons. The molecule has 0 saturated carbocycles. The normalized spacial score (nSPS) is 17.2. The number of carbonyl (C=O) groups is 1. The van der Waals surface area contributed by atoms with Crippen LogP contribution in [0.15, 0.2) is 54.6 Å². The van der Waals surface area contributed by atoms with Gasteiger partial charge < -0.3 is 24.2 Å². The van der Waals surface area contributed by atoms with Crippen molar-refractivity contribution in [2.24, 2.45) is 0 Å². The monoisotopic (exact) mass is 569 g/mol. The number of aromatic carboxylic acids is 1. The summed E-state index contributed by atoms with van der Waals surface area (Å²) in [6.07, 6.45) is 1.11. The first-order valence-electron chi connectivity index (χ1n) is 14.1. The molecular weight excluding hydrogens is 537 g/mol. The van der Waals surface area contributed by atoms with Gasteiger partial charge in [-0.2, -0.15) is 5.26 Å². The first kappa shape index (κ1) is 27.6. The van der Waals surface area contributed by atoms with Crippen molar-refractivity contribution < 1.29 is 19.0 Å². The van der Waals surface area contributed by atoms with Gasteiger partial charge in [0.25, 0.3) is 0 Å². The number of benzene rings is 2. The second kappa shape index (κ2) is 11.8. The smallest absolute Gasteiger partial charge is 0.335 e. The van der Waals surface area contributed by atoms with Gasteiger partial charge in [-0.25, -0.2) is 19.2 Å². The molecule has 4 aromatic rings. The van der Waals surface area contributed by atoms with E-state index < -0.39 is 11.8 Å². The number of nitrogens with zero attached hydrogens (tertiary/aromatic N) is 7. The second-order valence-corrected chi connectivity index (χ2v) is 10.8. The molecule has 0 bridgehead atoms. The highest BCUT2D eigenvalue weighted by Crippen LogP contribution is 2.25. The van der Waals surface area contributed by atoms with Crippen LogP contribution in [0, 0.1) is 17.1 Å². The molecule has 11 heteroatoms. The first-order valence-corrected chi connectivity index (χ1v) is 14.1. The number of carboxylic acid groups (broad SMARTS) is 1. The Morgan fingerprint density at radius 2 is 1.95 bits per heavy atom. The molecule has 10 nitrogen and oxygen atoms in total. The molecule has 1 atom stereocenters. The van der Waals surface area contributed by atoms with Gasteiger partial charge in [-0.3, -0.25) is 4.90 Å². The van der Waals surface area contributed by atoms with Crippen LogP contribution in [-0.4, -0.2) is 76.4 Å². The van der Waals surface area contributed by atoms with E-state index in [4.69, 9.17) is 20.0 Å². The predicted octanol–water partition coefficient (Wildman–Crippen LogP) is 3.89. The Hall–Kier alpha value is -4.53. The lowest BCUT2D eigenvalue weighted by Gasteiger charge is -2.36. The minimum Gasteiger partial charge on any atom is -0.478 e. The third-order valence-corrected chi connectivity index (χ3v) is 8.02. The average Bonchev–Trinajstić information content (AvgIpc) is 3.32. The molecule has 0 aliphatic carbocycles. The molecule has 2 saturated heterocycles. The molecule has 0 radical (unpaired) electrons. The number of imidazole rings is 1. The van der Waals surface area contributed by atoms with E-state index in [1.54, 1.807) is 30.3 Å². The van der Waals surface area contributed by atoms with Gasteiger partial charge in [-0.05, 0) is 48.9 Å². The van der Waals surface area contributed by atoms with E-state index in [1.165, 1.54) is 6.07 Å². The number of ether oxygens (including phenoxy) is 1. The lowest BCUT2D eigenvalue weighted by atomic mass is 10.1. The Balaban J connectivity index is 1.12. The number of piperazine rings is 1. The molecule has 0 spiro atoms. The zero-order valence-corrected chi connectivity index (χ0v) is 23.4. The zero-order chi connectivity index (χ0) is 29.2. The van der Waals surface area contributed by atoms with Crippen molar-refractivity contribution in [2.75, 3.05) is 49.6 Å². The zero-order valence-electron chi connectivity index (χ0n) is 23.4. The van der Waals surface area contributed by atoms with Crippen LogP contribution in [-0.2, 0) is 24.4 Å². The number of anilines is 2. The highest BCUT2D eigenvalue weighted by molar-refractivity contribution is 5.92. The van der Waals surface area contributed by atoms with E-state index in [2.05, 4.69) is 14.4 Å². The molecular formula is C31H32FN7O3. The number of fused-ring (bicyclic) bond motifs is 1. The average molecular weight is 570 g/mol. The van der Waals surface area contributed by atoms with Crippen LogP contribution in [0.25, 0.3) is 11.0 Å². The quantitative estimate of drug-likeness (QED) is 0.321. The summed E-state index contributed by atoms with van der Waals surface area (Å²) in [5.41, 5.74) is 2.67. The number of pyridine rings is 1. The van der Waals surface area contributed by atoms with Crippen LogP contribution in [0.3, 0.4) is 0 Å². The van der Waals surface area contributed by atoms with Gasteiger partial charge in [-0.1, -0.05) is 12.1 Å². The van der Waals surface area contributed by atoms with E-state index in [0.29, 0.717) is 30.8 Å². The fourth-order valence-electron chi connectivity index (χ4n) is 5.48. The van der Waals surface area contributed by atoms with Gasteiger partial charge in [0, 0.05) is 51.9 Å². The van der Waals surface area contributed by atoms with Gasteiger partial charge in [0.2, 0.25) is 0 Å². The van der Waals surface area contributed by atoms with Crippen LogP contribution in [0.4, 0.5) is 16.0 Å². The van der Waals surface area contributed by atoms with Gasteiger partial charge in [0.1, 0.15) is 23.3 Å². The van der Waals surface area contributed by atoms with E-state index in [0.717, 1.165) is 67.7 Å².